The van der Waals surface area contributed by atoms with Gasteiger partial charge in [-0.05, 0) is 16.8 Å². The van der Waals surface area contributed by atoms with Crippen LogP contribution in [-0.2, 0) is 0 Å². The molecule has 0 amide bonds. The molecule has 20 heavy (non-hydrogen) atoms. The predicted molar refractivity (Wildman–Crippen MR) is 79.3 cm³/mol. The van der Waals surface area contributed by atoms with Crippen molar-refractivity contribution in [2.75, 3.05) is 12.5 Å². The number of ether oxygens (including phenoxy) is 1. The molecule has 1 heterocycles. The molecule has 1 aromatic heterocycles. The van der Waals surface area contributed by atoms with Gasteiger partial charge in [0.1, 0.15) is 11.6 Å². The Bertz CT molecular complexity index is 758. The van der Waals surface area contributed by atoms with Crippen LogP contribution in [0.25, 0.3) is 22.2 Å². The van der Waals surface area contributed by atoms with E-state index in [1.807, 2.05) is 36.4 Å². The third kappa shape index (κ3) is 2.04. The molecule has 100 valence electrons. The Kier molecular flexibility index (Phi) is 3.18. The van der Waals surface area contributed by atoms with Crippen LogP contribution in [0.1, 0.15) is 0 Å². The molecule has 0 fully saturated rings. The standard InChI is InChI=1S/C15H14N4O/c1-20-12-7-6-10-4-2-3-5-11(10)14(12)15-17-9-8-13(18-15)19-16/h2-9H,16H2,1H3,(H,17,18,19). The summed E-state index contributed by atoms with van der Waals surface area (Å²) in [5.74, 6) is 7.28. The fourth-order valence-electron chi connectivity index (χ4n) is 2.21. The van der Waals surface area contributed by atoms with Crippen molar-refractivity contribution in [2.45, 2.75) is 0 Å². The van der Waals surface area contributed by atoms with Gasteiger partial charge < -0.3 is 10.2 Å². The molecule has 0 aliphatic carbocycles. The smallest absolute Gasteiger partial charge is 0.165 e. The summed E-state index contributed by atoms with van der Waals surface area (Å²) < 4.78 is 5.45. The fourth-order valence-corrected chi connectivity index (χ4v) is 2.21. The highest BCUT2D eigenvalue weighted by molar-refractivity contribution is 5.98. The van der Waals surface area contributed by atoms with Crippen LogP contribution in [0, 0.1) is 0 Å². The molecule has 0 unspecified atom stereocenters. The first-order valence-corrected chi connectivity index (χ1v) is 6.19. The molecule has 0 spiro atoms. The fraction of sp³-hybridized carbons (Fsp3) is 0.0667. The molecule has 3 N–H and O–H groups in total. The lowest BCUT2D eigenvalue weighted by molar-refractivity contribution is 0.416. The zero-order valence-corrected chi connectivity index (χ0v) is 11.0. The number of benzene rings is 2. The number of nitrogens with zero attached hydrogens (tertiary/aromatic N) is 2. The molecule has 2 aromatic carbocycles. The zero-order chi connectivity index (χ0) is 13.9. The average molecular weight is 266 g/mol. The topological polar surface area (TPSA) is 73.1 Å². The minimum absolute atomic E-state index is 0.560. The van der Waals surface area contributed by atoms with E-state index in [-0.39, 0.29) is 0 Å². The van der Waals surface area contributed by atoms with E-state index in [4.69, 9.17) is 10.6 Å². The number of nitrogens with one attached hydrogen (secondary N) is 1. The summed E-state index contributed by atoms with van der Waals surface area (Å²) >= 11 is 0. The molecule has 5 heteroatoms. The van der Waals surface area contributed by atoms with Gasteiger partial charge >= 0.3 is 0 Å². The van der Waals surface area contributed by atoms with Crippen LogP contribution in [-0.4, -0.2) is 17.1 Å². The maximum Gasteiger partial charge on any atom is 0.165 e. The van der Waals surface area contributed by atoms with Gasteiger partial charge in [-0.25, -0.2) is 15.8 Å². The van der Waals surface area contributed by atoms with Crippen molar-refractivity contribution in [3.63, 3.8) is 0 Å². The van der Waals surface area contributed by atoms with Crippen molar-refractivity contribution in [1.29, 1.82) is 0 Å². The van der Waals surface area contributed by atoms with Gasteiger partial charge in [-0.3, -0.25) is 0 Å². The van der Waals surface area contributed by atoms with E-state index in [1.165, 1.54) is 0 Å². The van der Waals surface area contributed by atoms with Crippen LogP contribution in [0.5, 0.6) is 5.75 Å². The molecule has 0 bridgehead atoms. The number of nitrogen functional groups attached to an aromatic ring is 1. The molecular formula is C15H14N4O. The number of hydrogen-bond donors (Lipinski definition) is 2. The highest BCUT2D eigenvalue weighted by Crippen LogP contribution is 2.35. The predicted octanol–water partition coefficient (Wildman–Crippen LogP) is 2.59. The van der Waals surface area contributed by atoms with Gasteiger partial charge in [0.05, 0.1) is 12.7 Å². The van der Waals surface area contributed by atoms with Gasteiger partial charge in [0.25, 0.3) is 0 Å². The Balaban J connectivity index is 2.32. The second-order valence-electron chi connectivity index (χ2n) is 4.27. The second kappa shape index (κ2) is 5.14. The molecule has 3 rings (SSSR count). The number of methoxy groups -OCH3 is 1. The normalized spacial score (nSPS) is 10.5. The van der Waals surface area contributed by atoms with E-state index < -0.39 is 0 Å². The van der Waals surface area contributed by atoms with E-state index in [9.17, 15) is 0 Å². The summed E-state index contributed by atoms with van der Waals surface area (Å²) in [6.07, 6.45) is 1.67. The minimum atomic E-state index is 0.560. The lowest BCUT2D eigenvalue weighted by atomic mass is 10.0. The molecule has 0 aliphatic heterocycles. The molecule has 0 radical (unpaired) electrons. The molecule has 5 nitrogen and oxygen atoms in total. The summed E-state index contributed by atoms with van der Waals surface area (Å²) in [6, 6.07) is 13.7. The van der Waals surface area contributed by atoms with Crippen molar-refractivity contribution >= 4 is 16.6 Å². The van der Waals surface area contributed by atoms with Gasteiger partial charge in [0.15, 0.2) is 5.82 Å². The lowest BCUT2D eigenvalue weighted by Crippen LogP contribution is -2.09. The van der Waals surface area contributed by atoms with Gasteiger partial charge in [0.2, 0.25) is 0 Å². The lowest BCUT2D eigenvalue weighted by Gasteiger charge is -2.11. The van der Waals surface area contributed by atoms with Crippen molar-refractivity contribution < 1.29 is 4.74 Å². The van der Waals surface area contributed by atoms with Gasteiger partial charge in [-0.1, -0.05) is 30.3 Å². The van der Waals surface area contributed by atoms with Crippen molar-refractivity contribution in [3.05, 3.63) is 48.7 Å². The van der Waals surface area contributed by atoms with E-state index in [1.54, 1.807) is 19.4 Å². The van der Waals surface area contributed by atoms with Crippen LogP contribution in [0.4, 0.5) is 5.82 Å². The molecule has 3 aromatic rings. The highest BCUT2D eigenvalue weighted by Gasteiger charge is 2.13. The number of rotatable bonds is 3. The summed E-state index contributed by atoms with van der Waals surface area (Å²) in [4.78, 5) is 8.72. The number of fused-ring (bicyclic) bond motifs is 1. The SMILES string of the molecule is COc1ccc2ccccc2c1-c1nccc(NN)n1. The Morgan fingerprint density at radius 3 is 2.75 bits per heavy atom. The summed E-state index contributed by atoms with van der Waals surface area (Å²) in [5, 5.41) is 2.15. The summed E-state index contributed by atoms with van der Waals surface area (Å²) in [5.41, 5.74) is 3.39. The van der Waals surface area contributed by atoms with Crippen LogP contribution in [0.15, 0.2) is 48.7 Å². The number of hydrogen-bond acceptors (Lipinski definition) is 5. The monoisotopic (exact) mass is 266 g/mol. The summed E-state index contributed by atoms with van der Waals surface area (Å²) in [7, 11) is 1.64. The van der Waals surface area contributed by atoms with Gasteiger partial charge in [0, 0.05) is 12.3 Å². The maximum absolute atomic E-state index is 5.45. The van der Waals surface area contributed by atoms with Crippen LogP contribution >= 0.6 is 0 Å². The second-order valence-corrected chi connectivity index (χ2v) is 4.27. The van der Waals surface area contributed by atoms with E-state index >= 15 is 0 Å². The van der Waals surface area contributed by atoms with Crippen molar-refractivity contribution in [1.82, 2.24) is 9.97 Å². The van der Waals surface area contributed by atoms with E-state index in [2.05, 4.69) is 15.4 Å². The van der Waals surface area contributed by atoms with Gasteiger partial charge in [-0.2, -0.15) is 0 Å². The third-order valence-electron chi connectivity index (χ3n) is 3.14. The molecule has 0 saturated heterocycles. The largest absolute Gasteiger partial charge is 0.496 e. The van der Waals surface area contributed by atoms with Crippen molar-refractivity contribution in [2.24, 2.45) is 5.84 Å². The number of hydrazine groups is 1. The Morgan fingerprint density at radius 2 is 1.95 bits per heavy atom. The first kappa shape index (κ1) is 12.4. The molecule has 0 saturated carbocycles. The minimum Gasteiger partial charge on any atom is -0.496 e. The summed E-state index contributed by atoms with van der Waals surface area (Å²) in [6.45, 7) is 0. The van der Waals surface area contributed by atoms with Crippen LogP contribution in [0.3, 0.4) is 0 Å². The zero-order valence-electron chi connectivity index (χ0n) is 11.0. The highest BCUT2D eigenvalue weighted by atomic mass is 16.5. The van der Waals surface area contributed by atoms with Crippen LogP contribution < -0.4 is 16.0 Å². The third-order valence-corrected chi connectivity index (χ3v) is 3.14. The van der Waals surface area contributed by atoms with E-state index in [0.29, 0.717) is 11.6 Å². The Morgan fingerprint density at radius 1 is 1.10 bits per heavy atom. The Hall–Kier alpha value is -2.66. The molecule has 0 aliphatic rings. The van der Waals surface area contributed by atoms with E-state index in [0.717, 1.165) is 22.1 Å². The number of aromatic nitrogens is 2. The van der Waals surface area contributed by atoms with Gasteiger partial charge in [-0.15, -0.1) is 0 Å². The first-order chi connectivity index (χ1) is 9.83. The first-order valence-electron chi connectivity index (χ1n) is 6.19. The maximum atomic E-state index is 5.45. The average Bonchev–Trinajstić information content (AvgIpc) is 2.53. The molecule has 0 atom stereocenters. The van der Waals surface area contributed by atoms with Crippen LogP contribution in [0.2, 0.25) is 0 Å². The molecular weight excluding hydrogens is 252 g/mol. The quantitative estimate of drug-likeness (QED) is 0.563. The Labute approximate surface area is 116 Å². The number of anilines is 1. The number of nitrogens with two attached hydrogens (primary N) is 1. The van der Waals surface area contributed by atoms with Crippen molar-refractivity contribution in [3.8, 4) is 17.1 Å².